The molecule has 0 aliphatic heterocycles. The van der Waals surface area contributed by atoms with Crippen molar-refractivity contribution in [2.45, 2.75) is 59.5 Å². The quantitative estimate of drug-likeness (QED) is 0.663. The van der Waals surface area contributed by atoms with E-state index in [1.54, 1.807) is 0 Å². The molecule has 0 heterocycles. The monoisotopic (exact) mass is 222 g/mol. The third-order valence-electron chi connectivity index (χ3n) is 3.65. The lowest BCUT2D eigenvalue weighted by Gasteiger charge is -2.26. The number of hydrogen-bond acceptors (Lipinski definition) is 1. The second-order valence-electron chi connectivity index (χ2n) is 5.54. The third-order valence-corrected chi connectivity index (χ3v) is 3.65. The van der Waals surface area contributed by atoms with Crippen molar-refractivity contribution in [3.8, 4) is 0 Å². The van der Waals surface area contributed by atoms with E-state index in [1.165, 1.54) is 11.1 Å². The summed E-state index contributed by atoms with van der Waals surface area (Å²) in [6.07, 6.45) is 8.60. The second kappa shape index (κ2) is 6.24. The van der Waals surface area contributed by atoms with Crippen molar-refractivity contribution in [1.29, 1.82) is 0 Å². The van der Waals surface area contributed by atoms with Crippen molar-refractivity contribution in [2.75, 3.05) is 0 Å². The van der Waals surface area contributed by atoms with Gasteiger partial charge in [-0.2, -0.15) is 0 Å². The Bertz CT molecular complexity index is 273. The van der Waals surface area contributed by atoms with Gasteiger partial charge in [-0.05, 0) is 51.4 Å². The zero-order chi connectivity index (χ0) is 12.1. The minimum atomic E-state index is -0.258. The molecule has 0 spiro atoms. The summed E-state index contributed by atoms with van der Waals surface area (Å²) in [6.45, 7) is 8.76. The molecule has 0 fully saturated rings. The van der Waals surface area contributed by atoms with Gasteiger partial charge in [0.05, 0.1) is 6.10 Å². The summed E-state index contributed by atoms with van der Waals surface area (Å²) in [6, 6.07) is 0. The molecule has 92 valence electrons. The van der Waals surface area contributed by atoms with E-state index in [0.717, 1.165) is 25.7 Å². The molecule has 1 N–H and O–H groups in total. The highest BCUT2D eigenvalue weighted by Crippen LogP contribution is 2.26. The Kier molecular flexibility index (Phi) is 5.27. The Morgan fingerprint density at radius 1 is 1.19 bits per heavy atom. The zero-order valence-electron chi connectivity index (χ0n) is 11.2. The van der Waals surface area contributed by atoms with Crippen LogP contribution in [0.15, 0.2) is 23.3 Å². The van der Waals surface area contributed by atoms with Crippen LogP contribution in [0.3, 0.4) is 0 Å². The number of rotatable bonds is 1. The molecule has 0 radical (unpaired) electrons. The van der Waals surface area contributed by atoms with Crippen LogP contribution in [0.1, 0.15) is 53.4 Å². The highest BCUT2D eigenvalue weighted by atomic mass is 16.3. The zero-order valence-corrected chi connectivity index (χ0v) is 11.2. The van der Waals surface area contributed by atoms with Gasteiger partial charge in [-0.1, -0.05) is 37.1 Å². The molecule has 0 bridgehead atoms. The molecule has 0 saturated heterocycles. The van der Waals surface area contributed by atoms with Crippen LogP contribution in [0.2, 0.25) is 0 Å². The Morgan fingerprint density at radius 3 is 2.50 bits per heavy atom. The van der Waals surface area contributed by atoms with Crippen molar-refractivity contribution >= 4 is 0 Å². The van der Waals surface area contributed by atoms with Crippen molar-refractivity contribution in [2.24, 2.45) is 11.8 Å². The van der Waals surface area contributed by atoms with Gasteiger partial charge < -0.3 is 5.11 Å². The smallest absolute Gasteiger partial charge is 0.0754 e. The lowest BCUT2D eigenvalue weighted by molar-refractivity contribution is 0.115. The van der Waals surface area contributed by atoms with E-state index < -0.39 is 0 Å². The van der Waals surface area contributed by atoms with Crippen LogP contribution in [0, 0.1) is 11.8 Å². The standard InChI is InChI=1S/C15H26O/c1-11(2)14-9-8-12(3)6-5-7-13(4)10-15(14)16/h6,10-11,14-16H,5,7-9H2,1-4H3/b12-6+,13-10-/t14?,15-/m0/s1. The highest BCUT2D eigenvalue weighted by Gasteiger charge is 2.21. The summed E-state index contributed by atoms with van der Waals surface area (Å²) in [5.41, 5.74) is 2.80. The van der Waals surface area contributed by atoms with Crippen LogP contribution < -0.4 is 0 Å². The van der Waals surface area contributed by atoms with Crippen molar-refractivity contribution in [3.63, 3.8) is 0 Å². The van der Waals surface area contributed by atoms with Gasteiger partial charge in [0, 0.05) is 0 Å². The SMILES string of the molecule is C/C1=C/[C@H](O)C(C(C)C)CC/C(C)=C/CC1. The fraction of sp³-hybridized carbons (Fsp3) is 0.733. The fourth-order valence-electron chi connectivity index (χ4n) is 2.44. The van der Waals surface area contributed by atoms with Crippen LogP contribution in [0.25, 0.3) is 0 Å². The largest absolute Gasteiger partial charge is 0.389 e. The number of hydrogen-bond donors (Lipinski definition) is 1. The summed E-state index contributed by atoms with van der Waals surface area (Å²) in [5.74, 6) is 0.947. The van der Waals surface area contributed by atoms with Crippen molar-refractivity contribution in [3.05, 3.63) is 23.3 Å². The maximum Gasteiger partial charge on any atom is 0.0754 e. The average molecular weight is 222 g/mol. The summed E-state index contributed by atoms with van der Waals surface area (Å²) < 4.78 is 0. The van der Waals surface area contributed by atoms with Gasteiger partial charge >= 0.3 is 0 Å². The summed E-state index contributed by atoms with van der Waals surface area (Å²) >= 11 is 0. The lowest BCUT2D eigenvalue weighted by Crippen LogP contribution is -2.24. The first-order valence-electron chi connectivity index (χ1n) is 6.51. The van der Waals surface area contributed by atoms with E-state index >= 15 is 0 Å². The molecular formula is C15H26O. The van der Waals surface area contributed by atoms with Crippen molar-refractivity contribution < 1.29 is 5.11 Å². The molecule has 1 unspecified atom stereocenters. The first-order chi connectivity index (χ1) is 7.50. The normalized spacial score (nSPS) is 35.1. The average Bonchev–Trinajstić information content (AvgIpc) is 2.16. The molecule has 1 rings (SSSR count). The maximum absolute atomic E-state index is 10.2. The van der Waals surface area contributed by atoms with Crippen LogP contribution >= 0.6 is 0 Å². The van der Waals surface area contributed by atoms with Crippen LogP contribution in [0.4, 0.5) is 0 Å². The Balaban J connectivity index is 2.81. The van der Waals surface area contributed by atoms with Crippen molar-refractivity contribution in [1.82, 2.24) is 0 Å². The summed E-state index contributed by atoms with van der Waals surface area (Å²) in [4.78, 5) is 0. The van der Waals surface area contributed by atoms with E-state index in [2.05, 4.69) is 39.8 Å². The number of aliphatic hydroxyl groups excluding tert-OH is 1. The van der Waals surface area contributed by atoms with E-state index in [1.807, 2.05) is 0 Å². The Labute approximate surface area is 100 Å². The minimum absolute atomic E-state index is 0.258. The molecular weight excluding hydrogens is 196 g/mol. The van der Waals surface area contributed by atoms with Gasteiger partial charge in [-0.25, -0.2) is 0 Å². The molecule has 0 amide bonds. The second-order valence-corrected chi connectivity index (χ2v) is 5.54. The van der Waals surface area contributed by atoms with Gasteiger partial charge in [-0.15, -0.1) is 0 Å². The summed E-state index contributed by atoms with van der Waals surface area (Å²) in [5, 5.41) is 10.2. The maximum atomic E-state index is 10.2. The molecule has 0 aromatic rings. The first-order valence-corrected chi connectivity index (χ1v) is 6.51. The molecule has 1 aliphatic carbocycles. The van der Waals surface area contributed by atoms with Crippen LogP contribution in [-0.2, 0) is 0 Å². The van der Waals surface area contributed by atoms with Gasteiger partial charge in [0.25, 0.3) is 0 Å². The van der Waals surface area contributed by atoms with E-state index in [4.69, 9.17) is 0 Å². The molecule has 1 aliphatic rings. The van der Waals surface area contributed by atoms with Crippen LogP contribution in [0.5, 0.6) is 0 Å². The van der Waals surface area contributed by atoms with E-state index in [9.17, 15) is 5.11 Å². The van der Waals surface area contributed by atoms with Gasteiger partial charge in [-0.3, -0.25) is 0 Å². The van der Waals surface area contributed by atoms with Gasteiger partial charge in [0.2, 0.25) is 0 Å². The molecule has 1 nitrogen and oxygen atoms in total. The number of allylic oxidation sites excluding steroid dienone is 3. The predicted molar refractivity (Wildman–Crippen MR) is 70.3 cm³/mol. The molecule has 0 saturated carbocycles. The first kappa shape index (κ1) is 13.5. The molecule has 1 heteroatoms. The molecule has 16 heavy (non-hydrogen) atoms. The Morgan fingerprint density at radius 2 is 1.88 bits per heavy atom. The summed E-state index contributed by atoms with van der Waals surface area (Å²) in [7, 11) is 0. The topological polar surface area (TPSA) is 20.2 Å². The van der Waals surface area contributed by atoms with E-state index in [0.29, 0.717) is 11.8 Å². The molecule has 0 aromatic carbocycles. The lowest BCUT2D eigenvalue weighted by atomic mass is 9.83. The van der Waals surface area contributed by atoms with Gasteiger partial charge in [0.1, 0.15) is 0 Å². The predicted octanol–water partition coefficient (Wildman–Crippen LogP) is 4.09. The third kappa shape index (κ3) is 4.13. The van der Waals surface area contributed by atoms with E-state index in [-0.39, 0.29) is 6.10 Å². The molecule has 2 atom stereocenters. The fourth-order valence-corrected chi connectivity index (χ4v) is 2.44. The Hall–Kier alpha value is -0.560. The highest BCUT2D eigenvalue weighted by molar-refractivity contribution is 5.08. The van der Waals surface area contributed by atoms with Crippen LogP contribution in [-0.4, -0.2) is 11.2 Å². The minimum Gasteiger partial charge on any atom is -0.389 e. The number of aliphatic hydroxyl groups is 1. The molecule has 0 aromatic heterocycles. The van der Waals surface area contributed by atoms with Gasteiger partial charge in [0.15, 0.2) is 0 Å².